The summed E-state index contributed by atoms with van der Waals surface area (Å²) < 4.78 is 24.0. The Morgan fingerprint density at radius 3 is 2.57 bits per heavy atom. The van der Waals surface area contributed by atoms with Gasteiger partial charge in [-0.05, 0) is 60.0 Å². The molecule has 1 unspecified atom stereocenters. The number of aromatic nitrogens is 1. The molecule has 2 N–H and O–H groups in total. The average Bonchev–Trinajstić information content (AvgIpc) is 3.26. The normalized spacial score (nSPS) is 14.9. The van der Waals surface area contributed by atoms with E-state index in [1.165, 1.54) is 19.2 Å². The minimum Gasteiger partial charge on any atom is -0.497 e. The van der Waals surface area contributed by atoms with Crippen LogP contribution in [0.3, 0.4) is 0 Å². The number of hydrogen-bond acceptors (Lipinski definition) is 4. The van der Waals surface area contributed by atoms with E-state index in [-0.39, 0.29) is 17.4 Å². The lowest BCUT2D eigenvalue weighted by Crippen LogP contribution is -2.43. The van der Waals surface area contributed by atoms with Gasteiger partial charge in [-0.25, -0.2) is 14.0 Å². The van der Waals surface area contributed by atoms with E-state index < -0.39 is 12.0 Å². The van der Waals surface area contributed by atoms with Crippen LogP contribution in [0, 0.1) is 5.82 Å². The van der Waals surface area contributed by atoms with Crippen LogP contribution in [-0.2, 0) is 11.2 Å². The van der Waals surface area contributed by atoms with Crippen molar-refractivity contribution in [3.05, 3.63) is 94.9 Å². The largest absolute Gasteiger partial charge is 0.497 e. The number of fused-ring (bicyclic) bond motifs is 3. The number of halogens is 1. The molecule has 0 saturated heterocycles. The standard InChI is InChI=1S/C27H24FN3O4/c1-34-18-11-12-23-21(15-18)19-13-14-31(25(24(19)29-23)16-7-9-17(28)10-8-16)27(33)30-22-6-4-3-5-20(22)26(32)35-2/h3-12,15,25,29H,13-14H2,1-2H3,(H,30,33). The van der Waals surface area contributed by atoms with Crippen molar-refractivity contribution in [3.63, 3.8) is 0 Å². The third kappa shape index (κ3) is 4.07. The highest BCUT2D eigenvalue weighted by Gasteiger charge is 2.35. The Kier molecular flexibility index (Phi) is 5.86. The number of carbonyl (C=O) groups excluding carboxylic acids is 2. The van der Waals surface area contributed by atoms with Gasteiger partial charge in [0.2, 0.25) is 0 Å². The first-order valence-corrected chi connectivity index (χ1v) is 11.2. The fourth-order valence-electron chi connectivity index (χ4n) is 4.67. The van der Waals surface area contributed by atoms with Crippen LogP contribution in [0.25, 0.3) is 10.9 Å². The molecule has 2 amide bonds. The highest BCUT2D eigenvalue weighted by atomic mass is 19.1. The smallest absolute Gasteiger partial charge is 0.339 e. The number of aromatic amines is 1. The van der Waals surface area contributed by atoms with Crippen LogP contribution < -0.4 is 10.1 Å². The molecule has 0 spiro atoms. The lowest BCUT2D eigenvalue weighted by Gasteiger charge is -2.36. The number of hydrogen-bond donors (Lipinski definition) is 2. The Hall–Kier alpha value is -4.33. The van der Waals surface area contributed by atoms with E-state index in [1.807, 2.05) is 18.2 Å². The van der Waals surface area contributed by atoms with Crippen molar-refractivity contribution in [2.24, 2.45) is 0 Å². The van der Waals surface area contributed by atoms with Crippen molar-refractivity contribution in [1.29, 1.82) is 0 Å². The second-order valence-electron chi connectivity index (χ2n) is 8.29. The van der Waals surface area contributed by atoms with Crippen molar-refractivity contribution in [1.82, 2.24) is 9.88 Å². The SMILES string of the molecule is COC(=O)c1ccccc1NC(=O)N1CCc2c([nH]c3ccc(OC)cc23)C1c1ccc(F)cc1. The molecule has 4 aromatic rings. The Balaban J connectivity index is 1.57. The number of urea groups is 1. The molecule has 0 bridgehead atoms. The molecule has 3 aromatic carbocycles. The molecule has 8 heteroatoms. The van der Waals surface area contributed by atoms with Gasteiger partial charge in [-0.1, -0.05) is 24.3 Å². The maximum atomic E-state index is 13.7. The molecule has 0 saturated carbocycles. The van der Waals surface area contributed by atoms with Crippen molar-refractivity contribution >= 4 is 28.6 Å². The number of ether oxygens (including phenoxy) is 2. The molecule has 1 aliphatic heterocycles. The molecule has 2 heterocycles. The van der Waals surface area contributed by atoms with Gasteiger partial charge < -0.3 is 24.7 Å². The number of esters is 1. The summed E-state index contributed by atoms with van der Waals surface area (Å²) >= 11 is 0. The summed E-state index contributed by atoms with van der Waals surface area (Å²) in [6, 6.07) is 17.8. The van der Waals surface area contributed by atoms with Gasteiger partial charge in [0.05, 0.1) is 31.5 Å². The molecular formula is C27H24FN3O4. The maximum absolute atomic E-state index is 13.7. The average molecular weight is 474 g/mol. The molecule has 5 rings (SSSR count). The number of anilines is 1. The number of nitrogens with zero attached hydrogens (tertiary/aromatic N) is 1. The van der Waals surface area contributed by atoms with Crippen LogP contribution in [0.4, 0.5) is 14.9 Å². The summed E-state index contributed by atoms with van der Waals surface area (Å²) in [5.41, 5.74) is 4.27. The highest BCUT2D eigenvalue weighted by Crippen LogP contribution is 2.39. The van der Waals surface area contributed by atoms with Gasteiger partial charge in [-0.3, -0.25) is 0 Å². The number of nitrogens with one attached hydrogen (secondary N) is 2. The number of H-pyrrole nitrogens is 1. The minimum absolute atomic E-state index is 0.261. The van der Waals surface area contributed by atoms with Crippen LogP contribution >= 0.6 is 0 Å². The summed E-state index contributed by atoms with van der Waals surface area (Å²) in [7, 11) is 2.92. The third-order valence-corrected chi connectivity index (χ3v) is 6.35. The number of carbonyl (C=O) groups is 2. The molecule has 7 nitrogen and oxygen atoms in total. The van der Waals surface area contributed by atoms with Gasteiger partial charge in [0.1, 0.15) is 11.6 Å². The van der Waals surface area contributed by atoms with Crippen LogP contribution in [0.2, 0.25) is 0 Å². The topological polar surface area (TPSA) is 83.7 Å². The number of amides is 2. The van der Waals surface area contributed by atoms with E-state index >= 15 is 0 Å². The maximum Gasteiger partial charge on any atom is 0.339 e. The number of rotatable bonds is 4. The second-order valence-corrected chi connectivity index (χ2v) is 8.29. The summed E-state index contributed by atoms with van der Waals surface area (Å²) in [5, 5.41) is 3.90. The first kappa shape index (κ1) is 22.5. The molecule has 0 fully saturated rings. The Bertz CT molecular complexity index is 1410. The van der Waals surface area contributed by atoms with Crippen molar-refractivity contribution in [2.45, 2.75) is 12.5 Å². The highest BCUT2D eigenvalue weighted by molar-refractivity contribution is 6.01. The predicted molar refractivity (Wildman–Crippen MR) is 130 cm³/mol. The van der Waals surface area contributed by atoms with Crippen LogP contribution in [0.5, 0.6) is 5.75 Å². The van der Waals surface area contributed by atoms with Gasteiger partial charge in [0.25, 0.3) is 0 Å². The first-order chi connectivity index (χ1) is 17.0. The van der Waals surface area contributed by atoms with Crippen molar-refractivity contribution in [3.8, 4) is 5.75 Å². The monoisotopic (exact) mass is 473 g/mol. The van der Waals surface area contributed by atoms with Gasteiger partial charge in [-0.15, -0.1) is 0 Å². The summed E-state index contributed by atoms with van der Waals surface area (Å²) in [4.78, 5) is 30.9. The van der Waals surface area contributed by atoms with E-state index in [0.717, 1.165) is 33.5 Å². The fraction of sp³-hybridized carbons (Fsp3) is 0.185. The molecule has 35 heavy (non-hydrogen) atoms. The van der Waals surface area contributed by atoms with Gasteiger partial charge >= 0.3 is 12.0 Å². The molecule has 178 valence electrons. The minimum atomic E-state index is -0.540. The number of benzene rings is 3. The molecule has 0 radical (unpaired) electrons. The lowest BCUT2D eigenvalue weighted by molar-refractivity contribution is 0.0602. The zero-order chi connectivity index (χ0) is 24.5. The van der Waals surface area contributed by atoms with Gasteiger partial charge in [-0.2, -0.15) is 0 Å². The molecule has 1 aliphatic rings. The molecule has 0 aliphatic carbocycles. The summed E-state index contributed by atoms with van der Waals surface area (Å²) in [5.74, 6) is -0.145. The predicted octanol–water partition coefficient (Wildman–Crippen LogP) is 5.28. The van der Waals surface area contributed by atoms with Crippen LogP contribution in [-0.4, -0.2) is 42.6 Å². The van der Waals surface area contributed by atoms with Crippen LogP contribution in [0.1, 0.15) is 33.2 Å². The molecular weight excluding hydrogens is 449 g/mol. The third-order valence-electron chi connectivity index (χ3n) is 6.35. The fourth-order valence-corrected chi connectivity index (χ4v) is 4.67. The Morgan fingerprint density at radius 2 is 1.83 bits per heavy atom. The summed E-state index contributed by atoms with van der Waals surface area (Å²) in [6.45, 7) is 0.422. The van der Waals surface area contributed by atoms with Crippen molar-refractivity contribution < 1.29 is 23.5 Å². The Morgan fingerprint density at radius 1 is 1.06 bits per heavy atom. The lowest BCUT2D eigenvalue weighted by atomic mass is 9.92. The van der Waals surface area contributed by atoms with Gasteiger partial charge in [0, 0.05) is 23.1 Å². The molecule has 1 aromatic heterocycles. The zero-order valence-corrected chi connectivity index (χ0v) is 19.3. The van der Waals surface area contributed by atoms with Gasteiger partial charge in [0.15, 0.2) is 0 Å². The van der Waals surface area contributed by atoms with E-state index in [1.54, 1.807) is 48.4 Å². The van der Waals surface area contributed by atoms with E-state index in [0.29, 0.717) is 18.7 Å². The quantitative estimate of drug-likeness (QED) is 0.395. The van der Waals surface area contributed by atoms with E-state index in [9.17, 15) is 14.0 Å². The van der Waals surface area contributed by atoms with Crippen molar-refractivity contribution in [2.75, 3.05) is 26.1 Å². The van der Waals surface area contributed by atoms with Crippen LogP contribution in [0.15, 0.2) is 66.7 Å². The summed E-state index contributed by atoms with van der Waals surface area (Å²) in [6.07, 6.45) is 0.617. The first-order valence-electron chi connectivity index (χ1n) is 11.2. The number of methoxy groups -OCH3 is 2. The second kappa shape index (κ2) is 9.13. The Labute approximate surface area is 201 Å². The zero-order valence-electron chi connectivity index (χ0n) is 19.3. The molecule has 1 atom stereocenters. The number of para-hydroxylation sites is 1. The van der Waals surface area contributed by atoms with E-state index in [2.05, 4.69) is 10.3 Å². The van der Waals surface area contributed by atoms with E-state index in [4.69, 9.17) is 9.47 Å².